The molecule has 0 bridgehead atoms. The molecule has 0 radical (unpaired) electrons. The highest BCUT2D eigenvalue weighted by Gasteiger charge is 2.02. The van der Waals surface area contributed by atoms with Crippen LogP contribution in [0.5, 0.6) is 0 Å². The summed E-state index contributed by atoms with van der Waals surface area (Å²) in [4.78, 5) is 13.0. The standard InChI is InChI=1S/C8H11NO2S/c1-9(2-3-10)7-4-8(5-11)12-6-7/h4-6,10H,2-3H2,1H3. The third-order valence-corrected chi connectivity index (χ3v) is 2.44. The minimum Gasteiger partial charge on any atom is -0.395 e. The summed E-state index contributed by atoms with van der Waals surface area (Å²) in [7, 11) is 1.88. The van der Waals surface area contributed by atoms with Crippen LogP contribution in [0.25, 0.3) is 0 Å². The highest BCUT2D eigenvalue weighted by molar-refractivity contribution is 7.12. The number of aliphatic hydroxyl groups excluding tert-OH is 1. The van der Waals surface area contributed by atoms with E-state index in [0.29, 0.717) is 6.54 Å². The summed E-state index contributed by atoms with van der Waals surface area (Å²) in [6, 6.07) is 1.81. The summed E-state index contributed by atoms with van der Waals surface area (Å²) >= 11 is 1.41. The van der Waals surface area contributed by atoms with E-state index in [0.717, 1.165) is 16.9 Å². The quantitative estimate of drug-likeness (QED) is 0.711. The summed E-state index contributed by atoms with van der Waals surface area (Å²) in [5, 5.41) is 10.6. The van der Waals surface area contributed by atoms with Gasteiger partial charge in [0.2, 0.25) is 0 Å². The van der Waals surface area contributed by atoms with Gasteiger partial charge in [-0.05, 0) is 6.07 Å². The van der Waals surface area contributed by atoms with Gasteiger partial charge in [-0.2, -0.15) is 0 Å². The fourth-order valence-electron chi connectivity index (χ4n) is 0.883. The number of carbonyl (C=O) groups is 1. The first-order valence-electron chi connectivity index (χ1n) is 3.63. The molecule has 66 valence electrons. The lowest BCUT2D eigenvalue weighted by Gasteiger charge is -2.14. The molecule has 1 rings (SSSR count). The van der Waals surface area contributed by atoms with Crippen LogP contribution in [0.15, 0.2) is 11.4 Å². The minimum absolute atomic E-state index is 0.128. The van der Waals surface area contributed by atoms with Gasteiger partial charge in [0.25, 0.3) is 0 Å². The number of hydrogen-bond donors (Lipinski definition) is 1. The number of hydrogen-bond acceptors (Lipinski definition) is 4. The SMILES string of the molecule is CN(CCO)c1csc(C=O)c1. The topological polar surface area (TPSA) is 40.5 Å². The van der Waals surface area contributed by atoms with Crippen molar-refractivity contribution in [1.82, 2.24) is 0 Å². The van der Waals surface area contributed by atoms with Gasteiger partial charge in [-0.1, -0.05) is 0 Å². The zero-order chi connectivity index (χ0) is 8.97. The molecule has 0 unspecified atom stereocenters. The molecular weight excluding hydrogens is 174 g/mol. The van der Waals surface area contributed by atoms with Crippen LogP contribution in [0, 0.1) is 0 Å². The molecule has 0 atom stereocenters. The molecule has 0 saturated heterocycles. The van der Waals surface area contributed by atoms with Crippen molar-refractivity contribution >= 4 is 23.3 Å². The molecular formula is C8H11NO2S. The Balaban J connectivity index is 2.67. The van der Waals surface area contributed by atoms with Gasteiger partial charge in [0.1, 0.15) is 0 Å². The van der Waals surface area contributed by atoms with Crippen molar-refractivity contribution in [1.29, 1.82) is 0 Å². The Morgan fingerprint density at radius 1 is 1.75 bits per heavy atom. The number of aldehydes is 1. The summed E-state index contributed by atoms with van der Waals surface area (Å²) < 4.78 is 0. The van der Waals surface area contributed by atoms with E-state index in [4.69, 9.17) is 5.11 Å². The Morgan fingerprint density at radius 3 is 3.00 bits per heavy atom. The predicted octanol–water partition coefficient (Wildman–Crippen LogP) is 0.989. The zero-order valence-electron chi connectivity index (χ0n) is 6.86. The van der Waals surface area contributed by atoms with Crippen LogP contribution in [-0.4, -0.2) is 31.6 Å². The van der Waals surface area contributed by atoms with E-state index in [2.05, 4.69) is 0 Å². The van der Waals surface area contributed by atoms with E-state index in [1.54, 1.807) is 0 Å². The molecule has 1 aromatic heterocycles. The zero-order valence-corrected chi connectivity index (χ0v) is 7.67. The molecule has 4 heteroatoms. The summed E-state index contributed by atoms with van der Waals surface area (Å²) in [5.74, 6) is 0. The van der Waals surface area contributed by atoms with Gasteiger partial charge in [0.15, 0.2) is 6.29 Å². The van der Waals surface area contributed by atoms with Crippen LogP contribution in [-0.2, 0) is 0 Å². The molecule has 0 spiro atoms. The minimum atomic E-state index is 0.128. The Labute approximate surface area is 75.2 Å². The lowest BCUT2D eigenvalue weighted by molar-refractivity contribution is 0.112. The third-order valence-electron chi connectivity index (χ3n) is 1.60. The molecule has 1 N–H and O–H groups in total. The molecule has 0 aliphatic carbocycles. The molecule has 1 heterocycles. The normalized spacial score (nSPS) is 9.83. The van der Waals surface area contributed by atoms with Gasteiger partial charge < -0.3 is 10.0 Å². The fourth-order valence-corrected chi connectivity index (χ4v) is 1.63. The summed E-state index contributed by atoms with van der Waals surface area (Å²) in [6.07, 6.45) is 0.834. The lowest BCUT2D eigenvalue weighted by atomic mass is 10.4. The molecule has 0 amide bonds. The summed E-state index contributed by atoms with van der Waals surface area (Å²) in [6.45, 7) is 0.720. The van der Waals surface area contributed by atoms with Gasteiger partial charge in [-0.15, -0.1) is 11.3 Å². The van der Waals surface area contributed by atoms with Crippen molar-refractivity contribution in [2.75, 3.05) is 25.1 Å². The van der Waals surface area contributed by atoms with E-state index < -0.39 is 0 Å². The van der Waals surface area contributed by atoms with Crippen molar-refractivity contribution < 1.29 is 9.90 Å². The van der Waals surface area contributed by atoms with E-state index in [-0.39, 0.29) is 6.61 Å². The van der Waals surface area contributed by atoms with Crippen molar-refractivity contribution in [2.24, 2.45) is 0 Å². The number of anilines is 1. The number of thiophene rings is 1. The smallest absolute Gasteiger partial charge is 0.160 e. The molecule has 0 aliphatic heterocycles. The summed E-state index contributed by atoms with van der Waals surface area (Å²) in [5.41, 5.74) is 0.983. The van der Waals surface area contributed by atoms with Crippen LogP contribution in [0.1, 0.15) is 9.67 Å². The van der Waals surface area contributed by atoms with Gasteiger partial charge in [-0.25, -0.2) is 0 Å². The van der Waals surface area contributed by atoms with Crippen LogP contribution >= 0.6 is 11.3 Å². The second kappa shape index (κ2) is 4.23. The lowest BCUT2D eigenvalue weighted by Crippen LogP contribution is -2.20. The maximum Gasteiger partial charge on any atom is 0.160 e. The largest absolute Gasteiger partial charge is 0.395 e. The van der Waals surface area contributed by atoms with Gasteiger partial charge in [-0.3, -0.25) is 4.79 Å². The molecule has 0 aromatic carbocycles. The first-order valence-corrected chi connectivity index (χ1v) is 4.51. The maximum atomic E-state index is 10.3. The highest BCUT2D eigenvalue weighted by Crippen LogP contribution is 2.20. The second-order valence-electron chi connectivity index (χ2n) is 2.47. The van der Waals surface area contributed by atoms with Crippen molar-refractivity contribution in [3.8, 4) is 0 Å². The average Bonchev–Trinajstić information content (AvgIpc) is 2.52. The fraction of sp³-hybridized carbons (Fsp3) is 0.375. The van der Waals surface area contributed by atoms with E-state index in [1.165, 1.54) is 11.3 Å². The van der Waals surface area contributed by atoms with Crippen molar-refractivity contribution in [3.63, 3.8) is 0 Å². The van der Waals surface area contributed by atoms with Gasteiger partial charge in [0, 0.05) is 24.7 Å². The molecule has 3 nitrogen and oxygen atoms in total. The highest BCUT2D eigenvalue weighted by atomic mass is 32.1. The molecule has 0 aliphatic rings. The predicted molar refractivity (Wildman–Crippen MR) is 50.1 cm³/mol. The number of likely N-dealkylation sites (N-methyl/N-ethyl adjacent to an activating group) is 1. The Kier molecular flexibility index (Phi) is 3.25. The van der Waals surface area contributed by atoms with Crippen LogP contribution in [0.2, 0.25) is 0 Å². The van der Waals surface area contributed by atoms with E-state index in [1.807, 2.05) is 23.4 Å². The third kappa shape index (κ3) is 2.06. The van der Waals surface area contributed by atoms with Crippen LogP contribution < -0.4 is 4.90 Å². The second-order valence-corrected chi connectivity index (χ2v) is 3.41. The number of aliphatic hydroxyl groups is 1. The maximum absolute atomic E-state index is 10.3. The molecule has 0 fully saturated rings. The average molecular weight is 185 g/mol. The molecule has 0 saturated carbocycles. The molecule has 1 aromatic rings. The van der Waals surface area contributed by atoms with Crippen LogP contribution in [0.4, 0.5) is 5.69 Å². The Hall–Kier alpha value is -0.870. The van der Waals surface area contributed by atoms with Crippen molar-refractivity contribution in [2.45, 2.75) is 0 Å². The van der Waals surface area contributed by atoms with E-state index >= 15 is 0 Å². The van der Waals surface area contributed by atoms with Crippen LogP contribution in [0.3, 0.4) is 0 Å². The number of carbonyl (C=O) groups excluding carboxylic acids is 1. The number of rotatable bonds is 4. The van der Waals surface area contributed by atoms with Gasteiger partial charge >= 0.3 is 0 Å². The number of nitrogens with zero attached hydrogens (tertiary/aromatic N) is 1. The Bertz CT molecular complexity index is 259. The van der Waals surface area contributed by atoms with E-state index in [9.17, 15) is 4.79 Å². The first kappa shape index (κ1) is 9.22. The monoisotopic (exact) mass is 185 g/mol. The molecule has 12 heavy (non-hydrogen) atoms. The van der Waals surface area contributed by atoms with Crippen molar-refractivity contribution in [3.05, 3.63) is 16.3 Å². The first-order chi connectivity index (χ1) is 5.77. The van der Waals surface area contributed by atoms with Gasteiger partial charge in [0.05, 0.1) is 11.5 Å². The Morgan fingerprint density at radius 2 is 2.50 bits per heavy atom.